The van der Waals surface area contributed by atoms with Crippen LogP contribution in [0.25, 0.3) is 0 Å². The fourth-order valence-electron chi connectivity index (χ4n) is 1.92. The average molecular weight is 257 g/mol. The van der Waals surface area contributed by atoms with Crippen LogP contribution in [0.15, 0.2) is 42.7 Å². The molecule has 0 aliphatic rings. The van der Waals surface area contributed by atoms with Gasteiger partial charge in [-0.3, -0.25) is 4.79 Å². The number of carboxylic acids is 1. The van der Waals surface area contributed by atoms with Crippen LogP contribution in [0.1, 0.15) is 39.6 Å². The maximum absolute atomic E-state index is 11.5. The van der Waals surface area contributed by atoms with Gasteiger partial charge in [-0.25, -0.2) is 4.79 Å². The number of hydrogen-bond acceptors (Lipinski definition) is 2. The highest BCUT2D eigenvalue weighted by Crippen LogP contribution is 2.10. The van der Waals surface area contributed by atoms with Gasteiger partial charge in [-0.1, -0.05) is 19.1 Å². The zero-order valence-corrected chi connectivity index (χ0v) is 10.7. The van der Waals surface area contributed by atoms with E-state index in [-0.39, 0.29) is 11.3 Å². The Morgan fingerprint density at radius 2 is 2.00 bits per heavy atom. The maximum atomic E-state index is 11.5. The van der Waals surface area contributed by atoms with Gasteiger partial charge >= 0.3 is 5.97 Å². The van der Waals surface area contributed by atoms with Crippen LogP contribution in [0.4, 0.5) is 0 Å². The molecule has 0 aliphatic heterocycles. The molecule has 0 saturated carbocycles. The van der Waals surface area contributed by atoms with Crippen LogP contribution in [0.5, 0.6) is 0 Å². The number of aromatic carboxylic acids is 1. The van der Waals surface area contributed by atoms with Crippen LogP contribution in [-0.2, 0) is 6.54 Å². The Kier molecular flexibility index (Phi) is 3.80. The van der Waals surface area contributed by atoms with Crippen LogP contribution in [-0.4, -0.2) is 21.4 Å². The van der Waals surface area contributed by atoms with Gasteiger partial charge in [0.2, 0.25) is 0 Å². The quantitative estimate of drug-likeness (QED) is 0.838. The highest BCUT2D eigenvalue weighted by molar-refractivity contribution is 5.95. The molecule has 4 nitrogen and oxygen atoms in total. The first-order chi connectivity index (χ1) is 9.10. The van der Waals surface area contributed by atoms with Crippen LogP contribution >= 0.6 is 0 Å². The summed E-state index contributed by atoms with van der Waals surface area (Å²) < 4.78 is 1.88. The highest BCUT2D eigenvalue weighted by Gasteiger charge is 2.06. The van der Waals surface area contributed by atoms with Gasteiger partial charge in [0.15, 0.2) is 5.78 Å². The minimum Gasteiger partial charge on any atom is -0.478 e. The predicted octanol–water partition coefficient (Wildman–Crippen LogP) is 2.83. The van der Waals surface area contributed by atoms with E-state index in [2.05, 4.69) is 0 Å². The summed E-state index contributed by atoms with van der Waals surface area (Å²) in [6.45, 7) is 2.38. The molecule has 1 aromatic heterocycles. The monoisotopic (exact) mass is 257 g/mol. The second kappa shape index (κ2) is 5.52. The Morgan fingerprint density at radius 1 is 1.21 bits per heavy atom. The molecule has 0 radical (unpaired) electrons. The molecule has 0 unspecified atom stereocenters. The van der Waals surface area contributed by atoms with Crippen LogP contribution in [0.3, 0.4) is 0 Å². The first-order valence-corrected chi connectivity index (χ1v) is 6.11. The summed E-state index contributed by atoms with van der Waals surface area (Å²) in [5.74, 6) is -0.825. The van der Waals surface area contributed by atoms with Crippen molar-refractivity contribution in [1.82, 2.24) is 4.57 Å². The van der Waals surface area contributed by atoms with Gasteiger partial charge in [-0.15, -0.1) is 0 Å². The molecule has 98 valence electrons. The molecule has 0 amide bonds. The molecule has 4 heteroatoms. The maximum Gasteiger partial charge on any atom is 0.335 e. The number of benzene rings is 1. The van der Waals surface area contributed by atoms with Crippen LogP contribution in [0, 0.1) is 0 Å². The van der Waals surface area contributed by atoms with Gasteiger partial charge in [0.25, 0.3) is 0 Å². The first-order valence-electron chi connectivity index (χ1n) is 6.11. The number of carbonyl (C=O) groups is 2. The van der Waals surface area contributed by atoms with Crippen molar-refractivity contribution < 1.29 is 14.7 Å². The topological polar surface area (TPSA) is 59.3 Å². The van der Waals surface area contributed by atoms with Crippen molar-refractivity contribution >= 4 is 11.8 Å². The fraction of sp³-hybridized carbons (Fsp3) is 0.200. The third-order valence-corrected chi connectivity index (χ3v) is 2.93. The second-order valence-electron chi connectivity index (χ2n) is 4.35. The summed E-state index contributed by atoms with van der Waals surface area (Å²) in [7, 11) is 0. The van der Waals surface area contributed by atoms with Crippen molar-refractivity contribution in [2.45, 2.75) is 19.9 Å². The number of aromatic nitrogens is 1. The minimum absolute atomic E-state index is 0.109. The van der Waals surface area contributed by atoms with Gasteiger partial charge in [0.1, 0.15) is 0 Å². The van der Waals surface area contributed by atoms with E-state index >= 15 is 0 Å². The number of carboxylic acid groups (broad SMARTS) is 1. The zero-order chi connectivity index (χ0) is 13.8. The van der Waals surface area contributed by atoms with Crippen molar-refractivity contribution in [3.05, 3.63) is 59.4 Å². The van der Waals surface area contributed by atoms with Crippen molar-refractivity contribution in [2.75, 3.05) is 0 Å². The lowest BCUT2D eigenvalue weighted by Crippen LogP contribution is -2.01. The predicted molar refractivity (Wildman–Crippen MR) is 71.6 cm³/mol. The molecule has 0 bridgehead atoms. The van der Waals surface area contributed by atoms with Gasteiger partial charge in [-0.2, -0.15) is 0 Å². The van der Waals surface area contributed by atoms with Crippen molar-refractivity contribution in [2.24, 2.45) is 0 Å². The van der Waals surface area contributed by atoms with Gasteiger partial charge in [0, 0.05) is 30.9 Å². The van der Waals surface area contributed by atoms with E-state index in [1.165, 1.54) is 0 Å². The Hall–Kier alpha value is -2.36. The lowest BCUT2D eigenvalue weighted by atomic mass is 10.1. The summed E-state index contributed by atoms with van der Waals surface area (Å²) in [5, 5.41) is 8.93. The third kappa shape index (κ3) is 3.10. The molecule has 2 rings (SSSR count). The smallest absolute Gasteiger partial charge is 0.335 e. The second-order valence-corrected chi connectivity index (χ2v) is 4.35. The number of carbonyl (C=O) groups excluding carboxylic acids is 1. The SMILES string of the molecule is CCC(=O)c1ccn(Cc2cccc(C(=O)O)c2)c1. The van der Waals surface area contributed by atoms with Crippen molar-refractivity contribution in [3.8, 4) is 0 Å². The summed E-state index contributed by atoms with van der Waals surface area (Å²) >= 11 is 0. The third-order valence-electron chi connectivity index (χ3n) is 2.93. The van der Waals surface area contributed by atoms with Gasteiger partial charge < -0.3 is 9.67 Å². The number of hydrogen-bond donors (Lipinski definition) is 1. The number of nitrogens with zero attached hydrogens (tertiary/aromatic N) is 1. The molecule has 1 aromatic carbocycles. The summed E-state index contributed by atoms with van der Waals surface area (Å²) in [4.78, 5) is 22.4. The lowest BCUT2D eigenvalue weighted by molar-refractivity contribution is 0.0696. The molecule has 19 heavy (non-hydrogen) atoms. The largest absolute Gasteiger partial charge is 0.478 e. The molecule has 0 aliphatic carbocycles. The van der Waals surface area contributed by atoms with E-state index in [1.807, 2.05) is 23.8 Å². The molecular weight excluding hydrogens is 242 g/mol. The molecule has 0 saturated heterocycles. The van der Waals surface area contributed by atoms with E-state index in [0.717, 1.165) is 5.56 Å². The first kappa shape index (κ1) is 13.1. The molecule has 0 atom stereocenters. The van der Waals surface area contributed by atoms with E-state index in [1.54, 1.807) is 30.5 Å². The molecule has 1 N–H and O–H groups in total. The number of rotatable bonds is 5. The highest BCUT2D eigenvalue weighted by atomic mass is 16.4. The average Bonchev–Trinajstić information content (AvgIpc) is 2.86. The zero-order valence-electron chi connectivity index (χ0n) is 10.7. The summed E-state index contributed by atoms with van der Waals surface area (Å²) in [5.41, 5.74) is 1.86. The van der Waals surface area contributed by atoms with Crippen LogP contribution in [0.2, 0.25) is 0 Å². The molecule has 0 spiro atoms. The van der Waals surface area contributed by atoms with E-state index in [4.69, 9.17) is 5.11 Å². The number of ketones is 1. The summed E-state index contributed by atoms with van der Waals surface area (Å²) in [6.07, 6.45) is 4.11. The standard InChI is InChI=1S/C15H15NO3/c1-2-14(17)13-6-7-16(10-13)9-11-4-3-5-12(8-11)15(18)19/h3-8,10H,2,9H2,1H3,(H,18,19). The van der Waals surface area contributed by atoms with Gasteiger partial charge in [0.05, 0.1) is 5.56 Å². The normalized spacial score (nSPS) is 10.4. The molecule has 2 aromatic rings. The Bertz CT molecular complexity index is 613. The number of Topliss-reactive ketones (excluding diaryl/α,β-unsaturated/α-hetero) is 1. The van der Waals surface area contributed by atoms with E-state index in [9.17, 15) is 9.59 Å². The van der Waals surface area contributed by atoms with Crippen molar-refractivity contribution in [3.63, 3.8) is 0 Å². The van der Waals surface area contributed by atoms with Gasteiger partial charge in [-0.05, 0) is 23.8 Å². The van der Waals surface area contributed by atoms with Crippen molar-refractivity contribution in [1.29, 1.82) is 0 Å². The summed E-state index contributed by atoms with van der Waals surface area (Å²) in [6, 6.07) is 8.58. The Morgan fingerprint density at radius 3 is 2.68 bits per heavy atom. The van der Waals surface area contributed by atoms with E-state index < -0.39 is 5.97 Å². The fourth-order valence-corrected chi connectivity index (χ4v) is 1.92. The Balaban J connectivity index is 2.17. The molecular formula is C15H15NO3. The molecule has 0 fully saturated rings. The lowest BCUT2D eigenvalue weighted by Gasteiger charge is -2.04. The minimum atomic E-state index is -0.934. The Labute approximate surface area is 111 Å². The van der Waals surface area contributed by atoms with Crippen LogP contribution < -0.4 is 0 Å². The van der Waals surface area contributed by atoms with E-state index in [0.29, 0.717) is 18.5 Å². The molecule has 1 heterocycles.